The highest BCUT2D eigenvalue weighted by atomic mass is 16.5. The summed E-state index contributed by atoms with van der Waals surface area (Å²) in [6, 6.07) is 14.6. The number of carbonyl (C=O) groups excluding carboxylic acids is 4. The molecule has 2 aromatic carbocycles. The Morgan fingerprint density at radius 1 is 0.969 bits per heavy atom. The van der Waals surface area contributed by atoms with Crippen molar-refractivity contribution < 1.29 is 28.7 Å². The summed E-state index contributed by atoms with van der Waals surface area (Å²) < 4.78 is 10.7. The monoisotopic (exact) mass is 432 g/mol. The molecule has 0 aliphatic carbocycles. The van der Waals surface area contributed by atoms with Crippen molar-refractivity contribution in [3.63, 3.8) is 0 Å². The van der Waals surface area contributed by atoms with E-state index in [-0.39, 0.29) is 35.5 Å². The Kier molecular flexibility index (Phi) is 5.85. The number of H-pyrrole nitrogens is 1. The molecular weight excluding hydrogens is 412 g/mol. The van der Waals surface area contributed by atoms with Crippen LogP contribution in [0.25, 0.3) is 0 Å². The number of ether oxygens (including phenoxy) is 2. The number of hydrogen-bond donors (Lipinski definition) is 1. The Hall–Kier alpha value is -4.20. The van der Waals surface area contributed by atoms with Crippen molar-refractivity contribution in [1.82, 2.24) is 9.88 Å². The van der Waals surface area contributed by atoms with Crippen LogP contribution >= 0.6 is 0 Å². The number of ketones is 1. The molecule has 0 saturated carbocycles. The molecule has 0 spiro atoms. The van der Waals surface area contributed by atoms with Crippen molar-refractivity contribution in [2.75, 3.05) is 13.2 Å². The maximum absolute atomic E-state index is 12.7. The summed E-state index contributed by atoms with van der Waals surface area (Å²) in [7, 11) is 0. The fourth-order valence-corrected chi connectivity index (χ4v) is 3.47. The van der Waals surface area contributed by atoms with Gasteiger partial charge in [0.1, 0.15) is 11.3 Å². The predicted molar refractivity (Wildman–Crippen MR) is 114 cm³/mol. The molecular formula is C24H20N2O6. The fourth-order valence-electron chi connectivity index (χ4n) is 3.47. The lowest BCUT2D eigenvalue weighted by Crippen LogP contribution is -2.29. The zero-order chi connectivity index (χ0) is 22.7. The Morgan fingerprint density at radius 2 is 1.69 bits per heavy atom. The summed E-state index contributed by atoms with van der Waals surface area (Å²) in [5.74, 6) is -1.60. The Bertz CT molecular complexity index is 1160. The molecule has 0 unspecified atom stereocenters. The van der Waals surface area contributed by atoms with Crippen LogP contribution in [0.4, 0.5) is 0 Å². The molecule has 1 aliphatic rings. The molecule has 0 atom stereocenters. The molecule has 8 heteroatoms. The number of imide groups is 1. The standard InChI is InChI=1S/C24H20N2O6/c1-2-31-21-10-9-15(13-26-22(28)16-6-3-4-7-17(16)23(26)29)12-18(21)24(30)32-14-20(27)19-8-5-11-25-19/h3-12,25H,2,13-14H2,1H3. The summed E-state index contributed by atoms with van der Waals surface area (Å²) >= 11 is 0. The minimum Gasteiger partial charge on any atom is -0.493 e. The molecule has 0 saturated heterocycles. The normalized spacial score (nSPS) is 12.6. The van der Waals surface area contributed by atoms with E-state index in [0.717, 1.165) is 4.90 Å². The van der Waals surface area contributed by atoms with Crippen molar-refractivity contribution >= 4 is 23.6 Å². The second-order valence-corrected chi connectivity index (χ2v) is 7.09. The van der Waals surface area contributed by atoms with Gasteiger partial charge in [0.25, 0.3) is 11.8 Å². The van der Waals surface area contributed by atoms with Crippen molar-refractivity contribution in [2.45, 2.75) is 13.5 Å². The molecule has 0 radical (unpaired) electrons. The van der Waals surface area contributed by atoms with E-state index in [0.29, 0.717) is 29.0 Å². The maximum Gasteiger partial charge on any atom is 0.342 e. The molecule has 162 valence electrons. The topological polar surface area (TPSA) is 106 Å². The van der Waals surface area contributed by atoms with Crippen LogP contribution in [-0.4, -0.2) is 46.7 Å². The molecule has 2 heterocycles. The highest BCUT2D eigenvalue weighted by molar-refractivity contribution is 6.21. The number of carbonyl (C=O) groups is 4. The predicted octanol–water partition coefficient (Wildman–Crippen LogP) is 3.25. The highest BCUT2D eigenvalue weighted by Gasteiger charge is 2.35. The van der Waals surface area contributed by atoms with Gasteiger partial charge >= 0.3 is 5.97 Å². The number of nitrogens with one attached hydrogen (secondary N) is 1. The van der Waals surface area contributed by atoms with Gasteiger partial charge in [0.05, 0.1) is 30.0 Å². The van der Waals surface area contributed by atoms with Gasteiger partial charge in [-0.05, 0) is 48.9 Å². The van der Waals surface area contributed by atoms with Gasteiger partial charge < -0.3 is 14.5 Å². The quantitative estimate of drug-likeness (QED) is 0.333. The van der Waals surface area contributed by atoms with Gasteiger partial charge in [0.15, 0.2) is 6.61 Å². The molecule has 1 N–H and O–H groups in total. The summed E-state index contributed by atoms with van der Waals surface area (Å²) in [6.45, 7) is 1.64. The third-order valence-electron chi connectivity index (χ3n) is 5.02. The smallest absolute Gasteiger partial charge is 0.342 e. The number of aromatic amines is 1. The first kappa shape index (κ1) is 21.0. The third-order valence-corrected chi connectivity index (χ3v) is 5.02. The van der Waals surface area contributed by atoms with E-state index in [9.17, 15) is 19.2 Å². The summed E-state index contributed by atoms with van der Waals surface area (Å²) in [5, 5.41) is 0. The van der Waals surface area contributed by atoms with Gasteiger partial charge in [0, 0.05) is 6.20 Å². The van der Waals surface area contributed by atoms with Crippen LogP contribution in [0.15, 0.2) is 60.8 Å². The van der Waals surface area contributed by atoms with E-state index in [1.807, 2.05) is 0 Å². The van der Waals surface area contributed by atoms with Gasteiger partial charge in [-0.15, -0.1) is 0 Å². The van der Waals surface area contributed by atoms with Gasteiger partial charge in [-0.1, -0.05) is 18.2 Å². The number of nitrogens with zero attached hydrogens (tertiary/aromatic N) is 1. The second-order valence-electron chi connectivity index (χ2n) is 7.09. The summed E-state index contributed by atoms with van der Waals surface area (Å²) in [4.78, 5) is 54.0. The number of benzene rings is 2. The fraction of sp³-hybridized carbons (Fsp3) is 0.167. The number of amides is 2. The van der Waals surface area contributed by atoms with Crippen molar-refractivity contribution in [3.8, 4) is 5.75 Å². The molecule has 4 rings (SSSR count). The van der Waals surface area contributed by atoms with E-state index in [1.54, 1.807) is 61.7 Å². The molecule has 2 amide bonds. The minimum atomic E-state index is -0.738. The van der Waals surface area contributed by atoms with Gasteiger partial charge in [-0.3, -0.25) is 19.3 Å². The van der Waals surface area contributed by atoms with E-state index in [2.05, 4.69) is 4.98 Å². The third kappa shape index (κ3) is 4.02. The van der Waals surface area contributed by atoms with Crippen LogP contribution < -0.4 is 4.74 Å². The average molecular weight is 432 g/mol. The molecule has 0 fully saturated rings. The largest absolute Gasteiger partial charge is 0.493 e. The van der Waals surface area contributed by atoms with Crippen LogP contribution in [0.1, 0.15) is 54.0 Å². The van der Waals surface area contributed by atoms with E-state index < -0.39 is 12.6 Å². The molecule has 32 heavy (non-hydrogen) atoms. The molecule has 8 nitrogen and oxygen atoms in total. The average Bonchev–Trinajstić information content (AvgIpc) is 3.43. The van der Waals surface area contributed by atoms with E-state index in [4.69, 9.17) is 9.47 Å². The molecule has 0 bridgehead atoms. The summed E-state index contributed by atoms with van der Waals surface area (Å²) in [6.07, 6.45) is 1.60. The van der Waals surface area contributed by atoms with Gasteiger partial charge in [-0.25, -0.2) is 4.79 Å². The van der Waals surface area contributed by atoms with Crippen molar-refractivity contribution in [1.29, 1.82) is 0 Å². The first-order valence-corrected chi connectivity index (χ1v) is 10.0. The summed E-state index contributed by atoms with van der Waals surface area (Å²) in [5.41, 5.74) is 1.70. The number of fused-ring (bicyclic) bond motifs is 1. The molecule has 3 aromatic rings. The number of esters is 1. The first-order chi connectivity index (χ1) is 15.5. The second kappa shape index (κ2) is 8.89. The number of hydrogen-bond acceptors (Lipinski definition) is 6. The maximum atomic E-state index is 12.7. The van der Waals surface area contributed by atoms with Crippen LogP contribution in [0.5, 0.6) is 5.75 Å². The number of Topliss-reactive ketones (excluding diaryl/α,β-unsaturated/α-hetero) is 1. The Labute approximate surface area is 183 Å². The van der Waals surface area contributed by atoms with Crippen molar-refractivity contribution in [3.05, 3.63) is 88.7 Å². The highest BCUT2D eigenvalue weighted by Crippen LogP contribution is 2.27. The Balaban J connectivity index is 1.53. The SMILES string of the molecule is CCOc1ccc(CN2C(=O)c3ccccc3C2=O)cc1C(=O)OCC(=O)c1ccc[nH]1. The number of rotatable bonds is 8. The van der Waals surface area contributed by atoms with E-state index in [1.165, 1.54) is 6.07 Å². The number of aromatic nitrogens is 1. The van der Waals surface area contributed by atoms with Crippen LogP contribution in [0.2, 0.25) is 0 Å². The molecule has 1 aliphatic heterocycles. The Morgan fingerprint density at radius 3 is 2.31 bits per heavy atom. The van der Waals surface area contributed by atoms with Crippen LogP contribution in [0.3, 0.4) is 0 Å². The first-order valence-electron chi connectivity index (χ1n) is 10.0. The lowest BCUT2D eigenvalue weighted by Gasteiger charge is -2.16. The van der Waals surface area contributed by atoms with E-state index >= 15 is 0 Å². The van der Waals surface area contributed by atoms with Crippen molar-refractivity contribution in [2.24, 2.45) is 0 Å². The van der Waals surface area contributed by atoms with Crippen LogP contribution in [0, 0.1) is 0 Å². The van der Waals surface area contributed by atoms with Crippen LogP contribution in [-0.2, 0) is 11.3 Å². The van der Waals surface area contributed by atoms with Gasteiger partial charge in [-0.2, -0.15) is 0 Å². The lowest BCUT2D eigenvalue weighted by atomic mass is 10.1. The lowest BCUT2D eigenvalue weighted by molar-refractivity contribution is 0.0469. The van der Waals surface area contributed by atoms with Gasteiger partial charge in [0.2, 0.25) is 5.78 Å². The molecule has 1 aromatic heterocycles. The zero-order valence-electron chi connectivity index (χ0n) is 17.3. The zero-order valence-corrected chi connectivity index (χ0v) is 17.3. The minimum absolute atomic E-state index is 0.0135.